The first kappa shape index (κ1) is 14.8. The van der Waals surface area contributed by atoms with E-state index in [1.807, 2.05) is 0 Å². The van der Waals surface area contributed by atoms with Crippen LogP contribution in [0.2, 0.25) is 0 Å². The first-order chi connectivity index (χ1) is 9.81. The van der Waals surface area contributed by atoms with Gasteiger partial charge in [-0.3, -0.25) is 0 Å². The molecule has 1 N–H and O–H groups in total. The smallest absolute Gasteiger partial charge is 0.168 e. The minimum absolute atomic E-state index is 0.206. The van der Waals surface area contributed by atoms with Gasteiger partial charge < -0.3 is 19.7 Å². The van der Waals surface area contributed by atoms with Crippen LogP contribution in [0.15, 0.2) is 0 Å². The van der Waals surface area contributed by atoms with Crippen LogP contribution in [-0.2, 0) is 9.47 Å². The molecule has 1 aliphatic carbocycles. The molecule has 0 bridgehead atoms. The van der Waals surface area contributed by atoms with E-state index in [0.717, 1.165) is 38.0 Å². The monoisotopic (exact) mass is 282 g/mol. The predicted molar refractivity (Wildman–Crippen MR) is 79.7 cm³/mol. The standard InChI is InChI=1S/C16H30N2O2/c1-2-18(13-14-4-3-9-17-12-14)15-5-7-16(8-6-15)19-10-11-20-16/h14-15,17H,2-13H2,1H3. The van der Waals surface area contributed by atoms with E-state index in [0.29, 0.717) is 0 Å². The molecule has 3 rings (SSSR count). The van der Waals surface area contributed by atoms with Crippen LogP contribution in [-0.4, -0.2) is 56.1 Å². The fourth-order valence-corrected chi connectivity index (χ4v) is 4.14. The van der Waals surface area contributed by atoms with E-state index < -0.39 is 0 Å². The summed E-state index contributed by atoms with van der Waals surface area (Å²) in [5, 5.41) is 3.54. The maximum Gasteiger partial charge on any atom is 0.168 e. The Hall–Kier alpha value is -0.160. The van der Waals surface area contributed by atoms with Gasteiger partial charge in [-0.1, -0.05) is 6.92 Å². The Morgan fingerprint density at radius 1 is 1.15 bits per heavy atom. The minimum Gasteiger partial charge on any atom is -0.348 e. The van der Waals surface area contributed by atoms with Gasteiger partial charge in [-0.15, -0.1) is 0 Å². The Kier molecular flexibility index (Phi) is 4.97. The molecule has 3 fully saturated rings. The highest BCUT2D eigenvalue weighted by molar-refractivity contribution is 4.87. The number of nitrogens with zero attached hydrogens (tertiary/aromatic N) is 1. The van der Waals surface area contributed by atoms with E-state index in [1.165, 1.54) is 51.9 Å². The third-order valence-corrected chi connectivity index (χ3v) is 5.34. The summed E-state index contributed by atoms with van der Waals surface area (Å²) in [6, 6.07) is 0.736. The van der Waals surface area contributed by atoms with Crippen LogP contribution in [0.5, 0.6) is 0 Å². The molecule has 4 nitrogen and oxygen atoms in total. The molecule has 0 aromatic carbocycles. The maximum absolute atomic E-state index is 5.84. The number of piperidine rings is 1. The van der Waals surface area contributed by atoms with Gasteiger partial charge in [0.2, 0.25) is 0 Å². The van der Waals surface area contributed by atoms with Crippen molar-refractivity contribution < 1.29 is 9.47 Å². The molecule has 2 aliphatic heterocycles. The lowest BCUT2D eigenvalue weighted by Crippen LogP contribution is -2.47. The number of nitrogens with one attached hydrogen (secondary N) is 1. The van der Waals surface area contributed by atoms with Gasteiger partial charge in [-0.05, 0) is 51.2 Å². The van der Waals surface area contributed by atoms with E-state index in [4.69, 9.17) is 9.47 Å². The molecule has 20 heavy (non-hydrogen) atoms. The average Bonchev–Trinajstić information content (AvgIpc) is 2.95. The molecule has 0 amide bonds. The van der Waals surface area contributed by atoms with Gasteiger partial charge in [-0.25, -0.2) is 0 Å². The zero-order valence-electron chi connectivity index (χ0n) is 12.9. The van der Waals surface area contributed by atoms with Gasteiger partial charge in [0.1, 0.15) is 0 Å². The van der Waals surface area contributed by atoms with E-state index in [-0.39, 0.29) is 5.79 Å². The van der Waals surface area contributed by atoms with Crippen molar-refractivity contribution in [1.29, 1.82) is 0 Å². The summed E-state index contributed by atoms with van der Waals surface area (Å²) in [5.41, 5.74) is 0. The minimum atomic E-state index is -0.206. The Morgan fingerprint density at radius 2 is 1.90 bits per heavy atom. The van der Waals surface area contributed by atoms with E-state index >= 15 is 0 Å². The summed E-state index contributed by atoms with van der Waals surface area (Å²) in [6.45, 7) is 8.75. The molecular weight excluding hydrogens is 252 g/mol. The predicted octanol–water partition coefficient (Wildman–Crippen LogP) is 1.99. The van der Waals surface area contributed by atoms with Gasteiger partial charge in [0, 0.05) is 25.4 Å². The van der Waals surface area contributed by atoms with Crippen molar-refractivity contribution >= 4 is 0 Å². The zero-order chi connectivity index (χ0) is 13.8. The molecule has 2 heterocycles. The summed E-state index contributed by atoms with van der Waals surface area (Å²) in [5.74, 6) is 0.640. The van der Waals surface area contributed by atoms with E-state index in [1.54, 1.807) is 0 Å². The van der Waals surface area contributed by atoms with Crippen molar-refractivity contribution in [3.63, 3.8) is 0 Å². The SMILES string of the molecule is CCN(CC1CCCNC1)C1CCC2(CC1)OCCO2. The van der Waals surface area contributed by atoms with Crippen LogP contribution in [0.4, 0.5) is 0 Å². The van der Waals surface area contributed by atoms with Crippen molar-refractivity contribution in [2.45, 2.75) is 57.3 Å². The van der Waals surface area contributed by atoms with E-state index in [2.05, 4.69) is 17.1 Å². The molecule has 0 aromatic heterocycles. The third kappa shape index (κ3) is 3.35. The second-order valence-corrected chi connectivity index (χ2v) is 6.64. The van der Waals surface area contributed by atoms with E-state index in [9.17, 15) is 0 Å². The summed E-state index contributed by atoms with van der Waals surface area (Å²) in [6.07, 6.45) is 7.36. The average molecular weight is 282 g/mol. The topological polar surface area (TPSA) is 33.7 Å². The molecule has 0 aromatic rings. The summed E-state index contributed by atoms with van der Waals surface area (Å²) < 4.78 is 11.7. The molecular formula is C16H30N2O2. The lowest BCUT2D eigenvalue weighted by atomic mass is 9.88. The van der Waals surface area contributed by atoms with Crippen molar-refractivity contribution in [3.05, 3.63) is 0 Å². The molecule has 4 heteroatoms. The van der Waals surface area contributed by atoms with Crippen LogP contribution < -0.4 is 5.32 Å². The lowest BCUT2D eigenvalue weighted by Gasteiger charge is -2.41. The van der Waals surface area contributed by atoms with Crippen molar-refractivity contribution in [1.82, 2.24) is 10.2 Å². The molecule has 2 saturated heterocycles. The number of ether oxygens (including phenoxy) is 2. The third-order valence-electron chi connectivity index (χ3n) is 5.34. The van der Waals surface area contributed by atoms with Gasteiger partial charge in [0.05, 0.1) is 13.2 Å². The summed E-state index contributed by atoms with van der Waals surface area (Å²) in [7, 11) is 0. The molecule has 1 unspecified atom stereocenters. The Labute approximate surface area is 123 Å². The van der Waals surface area contributed by atoms with Crippen molar-refractivity contribution in [2.24, 2.45) is 5.92 Å². The van der Waals surface area contributed by atoms with Crippen LogP contribution in [0.1, 0.15) is 45.4 Å². The maximum atomic E-state index is 5.84. The van der Waals surface area contributed by atoms with Crippen molar-refractivity contribution in [3.8, 4) is 0 Å². The van der Waals surface area contributed by atoms with Gasteiger partial charge >= 0.3 is 0 Å². The quantitative estimate of drug-likeness (QED) is 0.855. The molecule has 1 atom stereocenters. The van der Waals surface area contributed by atoms with Crippen LogP contribution in [0.25, 0.3) is 0 Å². The Morgan fingerprint density at radius 3 is 2.50 bits per heavy atom. The second-order valence-electron chi connectivity index (χ2n) is 6.64. The highest BCUT2D eigenvalue weighted by Crippen LogP contribution is 2.37. The number of hydrogen-bond donors (Lipinski definition) is 1. The van der Waals surface area contributed by atoms with Gasteiger partial charge in [-0.2, -0.15) is 0 Å². The summed E-state index contributed by atoms with van der Waals surface area (Å²) in [4.78, 5) is 2.71. The fraction of sp³-hybridized carbons (Fsp3) is 1.00. The molecule has 1 saturated carbocycles. The second kappa shape index (κ2) is 6.73. The highest BCUT2D eigenvalue weighted by atomic mass is 16.7. The highest BCUT2D eigenvalue weighted by Gasteiger charge is 2.41. The normalized spacial score (nSPS) is 31.2. The first-order valence-corrected chi connectivity index (χ1v) is 8.54. The van der Waals surface area contributed by atoms with Gasteiger partial charge in [0.25, 0.3) is 0 Å². The Balaban J connectivity index is 1.49. The summed E-state index contributed by atoms with van der Waals surface area (Å²) >= 11 is 0. The first-order valence-electron chi connectivity index (χ1n) is 8.54. The molecule has 1 spiro atoms. The van der Waals surface area contributed by atoms with Gasteiger partial charge in [0.15, 0.2) is 5.79 Å². The fourth-order valence-electron chi connectivity index (χ4n) is 4.14. The number of hydrogen-bond acceptors (Lipinski definition) is 4. The molecule has 116 valence electrons. The van der Waals surface area contributed by atoms with Crippen molar-refractivity contribution in [2.75, 3.05) is 39.4 Å². The zero-order valence-corrected chi connectivity index (χ0v) is 12.9. The molecule has 0 radical (unpaired) electrons. The lowest BCUT2D eigenvalue weighted by molar-refractivity contribution is -0.184. The molecule has 3 aliphatic rings. The Bertz CT molecular complexity index is 289. The van der Waals surface area contributed by atoms with Crippen LogP contribution >= 0.6 is 0 Å². The van der Waals surface area contributed by atoms with Crippen LogP contribution in [0, 0.1) is 5.92 Å². The van der Waals surface area contributed by atoms with Crippen LogP contribution in [0.3, 0.4) is 0 Å². The largest absolute Gasteiger partial charge is 0.348 e. The number of rotatable bonds is 4.